The fourth-order valence-electron chi connectivity index (χ4n) is 4.66. The highest BCUT2D eigenvalue weighted by molar-refractivity contribution is 7.18. The van der Waals surface area contributed by atoms with Crippen molar-refractivity contribution in [3.05, 3.63) is 42.2 Å². The van der Waals surface area contributed by atoms with Crippen molar-refractivity contribution < 1.29 is 18.3 Å². The fourth-order valence-corrected chi connectivity index (χ4v) is 5.55. The molecule has 0 bridgehead atoms. The van der Waals surface area contributed by atoms with Crippen molar-refractivity contribution in [1.29, 1.82) is 5.26 Å². The smallest absolute Gasteiger partial charge is 0.285 e. The number of nitriles is 1. The van der Waals surface area contributed by atoms with Crippen molar-refractivity contribution in [3.63, 3.8) is 0 Å². The summed E-state index contributed by atoms with van der Waals surface area (Å²) in [6, 6.07) is 8.39. The molecule has 39 heavy (non-hydrogen) atoms. The lowest BCUT2D eigenvalue weighted by atomic mass is 10.0. The highest BCUT2D eigenvalue weighted by atomic mass is 32.1. The highest BCUT2D eigenvalue weighted by Gasteiger charge is 2.46. The zero-order valence-corrected chi connectivity index (χ0v) is 21.6. The first kappa shape index (κ1) is 25.1. The Morgan fingerprint density at radius 2 is 2.10 bits per heavy atom. The van der Waals surface area contributed by atoms with E-state index in [1.807, 2.05) is 18.2 Å². The van der Waals surface area contributed by atoms with Crippen molar-refractivity contribution in [2.75, 3.05) is 36.5 Å². The molecule has 0 aromatic carbocycles. The van der Waals surface area contributed by atoms with E-state index in [0.717, 1.165) is 16.9 Å². The van der Waals surface area contributed by atoms with E-state index in [0.29, 0.717) is 46.7 Å². The minimum absolute atomic E-state index is 0.0986. The summed E-state index contributed by atoms with van der Waals surface area (Å²) in [5.41, 5.74) is 4.08. The summed E-state index contributed by atoms with van der Waals surface area (Å²) in [6.45, 7) is 2.11. The predicted molar refractivity (Wildman–Crippen MR) is 140 cm³/mol. The summed E-state index contributed by atoms with van der Waals surface area (Å²) in [5, 5.41) is 28.8. The van der Waals surface area contributed by atoms with Crippen LogP contribution in [0.1, 0.15) is 18.9 Å². The molecule has 0 unspecified atom stereocenters. The number of carbonyl (C=O) groups is 1. The maximum absolute atomic E-state index is 14.7. The van der Waals surface area contributed by atoms with E-state index >= 15 is 0 Å². The van der Waals surface area contributed by atoms with Crippen molar-refractivity contribution in [1.82, 2.24) is 30.1 Å². The van der Waals surface area contributed by atoms with E-state index in [4.69, 9.17) is 10.00 Å². The van der Waals surface area contributed by atoms with Gasteiger partial charge in [-0.2, -0.15) is 10.4 Å². The van der Waals surface area contributed by atoms with Gasteiger partial charge < -0.3 is 20.3 Å². The monoisotopic (exact) mass is 551 g/mol. The Morgan fingerprint density at radius 1 is 1.26 bits per heavy atom. The SMILES string of the molecule is CC(=O)N[C@@H]1CCN(c2nnc(-c3cnc(-c4ccc5cc(C#N)cnn45)cc3NC3COC3)s2)CC1(F)F. The van der Waals surface area contributed by atoms with E-state index in [-0.39, 0.29) is 12.5 Å². The van der Waals surface area contributed by atoms with Crippen LogP contribution in [0, 0.1) is 11.3 Å². The second kappa shape index (κ2) is 9.83. The first-order valence-electron chi connectivity index (χ1n) is 12.3. The first-order chi connectivity index (χ1) is 18.8. The maximum atomic E-state index is 14.7. The molecule has 6 rings (SSSR count). The molecule has 2 aliphatic heterocycles. The Kier molecular flexibility index (Phi) is 6.32. The summed E-state index contributed by atoms with van der Waals surface area (Å²) in [7, 11) is 0. The number of fused-ring (bicyclic) bond motifs is 1. The van der Waals surface area contributed by atoms with Gasteiger partial charge in [0.1, 0.15) is 6.07 Å². The normalized spacial score (nSPS) is 18.9. The number of ether oxygens (including phenoxy) is 1. The van der Waals surface area contributed by atoms with Crippen molar-refractivity contribution >= 4 is 33.6 Å². The number of nitrogens with zero attached hydrogens (tertiary/aromatic N) is 7. The molecule has 0 spiro atoms. The largest absolute Gasteiger partial charge is 0.377 e. The Bertz CT molecular complexity index is 1590. The lowest BCUT2D eigenvalue weighted by Gasteiger charge is -2.38. The summed E-state index contributed by atoms with van der Waals surface area (Å²) >= 11 is 1.21. The molecule has 1 amide bonds. The van der Waals surface area contributed by atoms with Gasteiger partial charge >= 0.3 is 0 Å². The number of hydrogen-bond donors (Lipinski definition) is 2. The minimum Gasteiger partial charge on any atom is -0.377 e. The number of halogens is 2. The van der Waals surface area contributed by atoms with E-state index in [1.165, 1.54) is 29.4 Å². The molecule has 6 heterocycles. The van der Waals surface area contributed by atoms with Crippen LogP contribution in [0.4, 0.5) is 19.6 Å². The Hall–Kier alpha value is -4.22. The lowest BCUT2D eigenvalue weighted by Crippen LogP contribution is -2.58. The second-order valence-corrected chi connectivity index (χ2v) is 10.5. The van der Waals surface area contributed by atoms with Crippen LogP contribution in [-0.2, 0) is 9.53 Å². The third-order valence-corrected chi connectivity index (χ3v) is 7.70. The van der Waals surface area contributed by atoms with Gasteiger partial charge in [-0.1, -0.05) is 11.3 Å². The number of amides is 1. The zero-order valence-electron chi connectivity index (χ0n) is 20.8. The van der Waals surface area contributed by atoms with Gasteiger partial charge in [0.05, 0.1) is 66.1 Å². The molecule has 0 radical (unpaired) electrons. The van der Waals surface area contributed by atoms with Crippen molar-refractivity contribution in [2.24, 2.45) is 0 Å². The number of nitrogens with one attached hydrogen (secondary N) is 2. The molecule has 0 aliphatic carbocycles. The van der Waals surface area contributed by atoms with Crippen molar-refractivity contribution in [2.45, 2.75) is 31.4 Å². The summed E-state index contributed by atoms with van der Waals surface area (Å²) < 4.78 is 36.5. The molecule has 2 N–H and O–H groups in total. The molecule has 0 saturated carbocycles. The van der Waals surface area contributed by atoms with Crippen molar-refractivity contribution in [3.8, 4) is 28.0 Å². The van der Waals surface area contributed by atoms with Gasteiger partial charge in [0, 0.05) is 25.4 Å². The zero-order chi connectivity index (χ0) is 27.1. The van der Waals surface area contributed by atoms with E-state index < -0.39 is 24.4 Å². The molecular formula is C25H23F2N9O2S. The third kappa shape index (κ3) is 4.86. The number of piperidine rings is 1. The van der Waals surface area contributed by atoms with Gasteiger partial charge in [-0.15, -0.1) is 10.2 Å². The predicted octanol–water partition coefficient (Wildman–Crippen LogP) is 2.95. The molecule has 1 atom stereocenters. The summed E-state index contributed by atoms with van der Waals surface area (Å²) in [4.78, 5) is 17.5. The van der Waals surface area contributed by atoms with Gasteiger partial charge in [0.15, 0.2) is 5.01 Å². The van der Waals surface area contributed by atoms with E-state index in [1.54, 1.807) is 16.8 Å². The molecule has 200 valence electrons. The minimum atomic E-state index is -3.10. The number of anilines is 2. The molecule has 2 aliphatic rings. The molecule has 2 saturated heterocycles. The Morgan fingerprint density at radius 3 is 2.82 bits per heavy atom. The topological polar surface area (TPSA) is 133 Å². The molecule has 4 aromatic heterocycles. The third-order valence-electron chi connectivity index (χ3n) is 6.69. The summed E-state index contributed by atoms with van der Waals surface area (Å²) in [5.74, 6) is -3.58. The van der Waals surface area contributed by atoms with Crippen LogP contribution in [0.15, 0.2) is 36.7 Å². The van der Waals surface area contributed by atoms with Crippen LogP contribution >= 0.6 is 11.3 Å². The quantitative estimate of drug-likeness (QED) is 0.371. The number of rotatable bonds is 6. The van der Waals surface area contributed by atoms with E-state index in [2.05, 4.69) is 37.0 Å². The van der Waals surface area contributed by atoms with Gasteiger partial charge in [0.2, 0.25) is 11.0 Å². The van der Waals surface area contributed by atoms with Gasteiger partial charge in [-0.05, 0) is 30.7 Å². The van der Waals surface area contributed by atoms with Gasteiger partial charge in [0.25, 0.3) is 5.92 Å². The van der Waals surface area contributed by atoms with Crippen LogP contribution in [0.3, 0.4) is 0 Å². The Labute approximate surface area is 225 Å². The lowest BCUT2D eigenvalue weighted by molar-refractivity contribution is -0.124. The number of aromatic nitrogens is 5. The molecule has 11 nitrogen and oxygen atoms in total. The fraction of sp³-hybridized carbons (Fsp3) is 0.360. The number of carbonyl (C=O) groups excluding carboxylic acids is 1. The van der Waals surface area contributed by atoms with Crippen LogP contribution in [0.5, 0.6) is 0 Å². The molecule has 2 fully saturated rings. The average Bonchev–Trinajstić information content (AvgIpc) is 3.54. The maximum Gasteiger partial charge on any atom is 0.285 e. The highest BCUT2D eigenvalue weighted by Crippen LogP contribution is 2.38. The number of hydrogen-bond acceptors (Lipinski definition) is 10. The molecular weight excluding hydrogens is 528 g/mol. The van der Waals surface area contributed by atoms with E-state index in [9.17, 15) is 13.6 Å². The second-order valence-electron chi connectivity index (χ2n) is 9.52. The first-order valence-corrected chi connectivity index (χ1v) is 13.1. The Balaban J connectivity index is 1.30. The van der Waals surface area contributed by atoms with Crippen LogP contribution in [0.2, 0.25) is 0 Å². The number of pyridine rings is 1. The van der Waals surface area contributed by atoms with Crippen LogP contribution < -0.4 is 15.5 Å². The van der Waals surface area contributed by atoms with Gasteiger partial charge in [-0.3, -0.25) is 9.78 Å². The van der Waals surface area contributed by atoms with Crippen LogP contribution in [-0.4, -0.2) is 75.0 Å². The van der Waals surface area contributed by atoms with Gasteiger partial charge in [-0.25, -0.2) is 13.3 Å². The number of alkyl halides is 2. The molecule has 4 aromatic rings. The summed E-state index contributed by atoms with van der Waals surface area (Å²) in [6.07, 6.45) is 3.28. The standard InChI is InChI=1S/C25H23F2N9O2S/c1-14(37)31-22-4-5-35(13-25(22,26)27)24-34-33-23(39-24)18-10-29-20(7-19(18)32-16-11-38-12-16)21-3-2-17-6-15(8-28)9-30-36(17)21/h2-3,6-7,9-10,16,22H,4-5,11-13H2,1H3,(H,29,32)(H,31,37)/t22-/m1/s1. The average molecular weight is 552 g/mol. The van der Waals surface area contributed by atoms with Crippen LogP contribution in [0.25, 0.3) is 27.5 Å². The molecule has 14 heteroatoms.